The van der Waals surface area contributed by atoms with Crippen molar-refractivity contribution in [1.29, 1.82) is 0 Å². The van der Waals surface area contributed by atoms with E-state index in [9.17, 15) is 4.79 Å². The predicted molar refractivity (Wildman–Crippen MR) is 106 cm³/mol. The Morgan fingerprint density at radius 2 is 2.14 bits per heavy atom. The zero-order valence-electron chi connectivity index (χ0n) is 15.8. The number of rotatable bonds is 10. The zero-order valence-corrected chi connectivity index (χ0v) is 16.6. The maximum atomic E-state index is 12.5. The Hall–Kier alpha value is -2.75. The molecule has 9 heteroatoms. The molecule has 3 aromatic rings. The summed E-state index contributed by atoms with van der Waals surface area (Å²) in [6, 6.07) is 11.1. The van der Waals surface area contributed by atoms with Crippen molar-refractivity contribution in [2.24, 2.45) is 0 Å². The van der Waals surface area contributed by atoms with Gasteiger partial charge in [0.2, 0.25) is 11.8 Å². The first kappa shape index (κ1) is 20.0. The van der Waals surface area contributed by atoms with Crippen LogP contribution in [-0.2, 0) is 16.1 Å². The van der Waals surface area contributed by atoms with Gasteiger partial charge in [-0.3, -0.25) is 9.69 Å². The minimum absolute atomic E-state index is 0.151. The molecule has 1 amide bonds. The number of thiophene rings is 1. The van der Waals surface area contributed by atoms with Crippen molar-refractivity contribution >= 4 is 22.9 Å². The number of carbonyl (C=O) groups is 1. The number of nitrogens with one attached hydrogen (secondary N) is 1. The molecule has 0 spiro atoms. The van der Waals surface area contributed by atoms with Gasteiger partial charge in [-0.2, -0.15) is 0 Å². The Morgan fingerprint density at radius 3 is 2.89 bits per heavy atom. The summed E-state index contributed by atoms with van der Waals surface area (Å²) in [6.45, 7) is 1.56. The summed E-state index contributed by atoms with van der Waals surface area (Å²) in [4.78, 5) is 15.3. The van der Waals surface area contributed by atoms with Crippen LogP contribution in [0.2, 0.25) is 0 Å². The van der Waals surface area contributed by atoms with Crippen molar-refractivity contribution in [3.05, 3.63) is 47.7 Å². The van der Waals surface area contributed by atoms with E-state index >= 15 is 0 Å². The second kappa shape index (κ2) is 9.98. The lowest BCUT2D eigenvalue weighted by molar-refractivity contribution is -0.117. The summed E-state index contributed by atoms with van der Waals surface area (Å²) in [7, 11) is 3.21. The van der Waals surface area contributed by atoms with E-state index < -0.39 is 0 Å². The van der Waals surface area contributed by atoms with Gasteiger partial charge in [-0.15, -0.1) is 21.5 Å². The molecule has 0 aliphatic heterocycles. The standard InChI is InChI=1S/C19H22N4O4S/c1-25-9-8-23(12-17(24)20-14-5-3-6-15(11-14)26-2)13-18-21-22-19(27-18)16-7-4-10-28-16/h3-7,10-11H,8-9,12-13H2,1-2H3,(H,20,24). The van der Waals surface area contributed by atoms with Crippen LogP contribution >= 0.6 is 11.3 Å². The van der Waals surface area contributed by atoms with Gasteiger partial charge in [0.25, 0.3) is 5.89 Å². The SMILES string of the molecule is COCCN(CC(=O)Nc1cccc(OC)c1)Cc1nnc(-c2cccs2)o1. The van der Waals surface area contributed by atoms with Crippen LogP contribution in [0.4, 0.5) is 5.69 Å². The molecule has 1 N–H and O–H groups in total. The Labute approximate surface area is 167 Å². The molecule has 2 heterocycles. The highest BCUT2D eigenvalue weighted by molar-refractivity contribution is 7.13. The average molecular weight is 402 g/mol. The summed E-state index contributed by atoms with van der Waals surface area (Å²) in [6.07, 6.45) is 0. The summed E-state index contributed by atoms with van der Waals surface area (Å²) in [5, 5.41) is 13.0. The first-order valence-electron chi connectivity index (χ1n) is 8.69. The molecule has 148 valence electrons. The normalized spacial score (nSPS) is 11.0. The largest absolute Gasteiger partial charge is 0.497 e. The summed E-state index contributed by atoms with van der Waals surface area (Å²) in [5.41, 5.74) is 0.675. The maximum absolute atomic E-state index is 12.5. The van der Waals surface area contributed by atoms with Gasteiger partial charge in [-0.25, -0.2) is 0 Å². The monoisotopic (exact) mass is 402 g/mol. The molecular formula is C19H22N4O4S. The van der Waals surface area contributed by atoms with E-state index in [0.717, 1.165) is 4.88 Å². The number of carbonyl (C=O) groups excluding carboxylic acids is 1. The number of hydrogen-bond acceptors (Lipinski definition) is 8. The molecule has 3 rings (SSSR count). The topological polar surface area (TPSA) is 89.7 Å². The molecule has 0 saturated carbocycles. The van der Waals surface area contributed by atoms with Crippen molar-refractivity contribution in [3.63, 3.8) is 0 Å². The van der Waals surface area contributed by atoms with Crippen LogP contribution in [0.5, 0.6) is 5.75 Å². The fourth-order valence-corrected chi connectivity index (χ4v) is 3.19. The molecule has 2 aromatic heterocycles. The highest BCUT2D eigenvalue weighted by Gasteiger charge is 2.16. The van der Waals surface area contributed by atoms with Gasteiger partial charge >= 0.3 is 0 Å². The zero-order chi connectivity index (χ0) is 19.8. The molecule has 0 atom stereocenters. The molecule has 0 fully saturated rings. The number of benzene rings is 1. The molecule has 8 nitrogen and oxygen atoms in total. The van der Waals surface area contributed by atoms with Crippen LogP contribution in [0.1, 0.15) is 5.89 Å². The Bertz CT molecular complexity index is 882. The third-order valence-corrected chi connectivity index (χ3v) is 4.75. The van der Waals surface area contributed by atoms with Crippen molar-refractivity contribution in [2.75, 3.05) is 39.2 Å². The number of nitrogens with zero attached hydrogens (tertiary/aromatic N) is 3. The van der Waals surface area contributed by atoms with Crippen molar-refractivity contribution in [2.45, 2.75) is 6.54 Å². The number of anilines is 1. The lowest BCUT2D eigenvalue weighted by Gasteiger charge is -2.19. The molecule has 0 aliphatic carbocycles. The number of hydrogen-bond donors (Lipinski definition) is 1. The second-order valence-corrected chi connectivity index (χ2v) is 6.91. The van der Waals surface area contributed by atoms with Crippen LogP contribution in [-0.4, -0.2) is 54.9 Å². The summed E-state index contributed by atoms with van der Waals surface area (Å²) >= 11 is 1.53. The number of methoxy groups -OCH3 is 2. The fraction of sp³-hybridized carbons (Fsp3) is 0.316. The Balaban J connectivity index is 1.62. The van der Waals surface area contributed by atoms with Gasteiger partial charge in [0, 0.05) is 25.4 Å². The van der Waals surface area contributed by atoms with Gasteiger partial charge in [-0.1, -0.05) is 12.1 Å². The molecule has 28 heavy (non-hydrogen) atoms. The molecular weight excluding hydrogens is 380 g/mol. The van der Waals surface area contributed by atoms with Gasteiger partial charge in [-0.05, 0) is 23.6 Å². The van der Waals surface area contributed by atoms with Gasteiger partial charge < -0.3 is 19.2 Å². The van der Waals surface area contributed by atoms with Gasteiger partial charge in [0.1, 0.15) is 5.75 Å². The van der Waals surface area contributed by atoms with E-state index in [2.05, 4.69) is 15.5 Å². The second-order valence-electron chi connectivity index (χ2n) is 5.96. The van der Waals surface area contributed by atoms with E-state index in [0.29, 0.717) is 42.9 Å². The smallest absolute Gasteiger partial charge is 0.257 e. The van der Waals surface area contributed by atoms with E-state index in [-0.39, 0.29) is 12.5 Å². The number of ether oxygens (including phenoxy) is 2. The molecule has 0 radical (unpaired) electrons. The molecule has 0 bridgehead atoms. The van der Waals surface area contributed by atoms with Gasteiger partial charge in [0.05, 0.1) is 31.7 Å². The summed E-state index contributed by atoms with van der Waals surface area (Å²) < 4.78 is 16.1. The van der Waals surface area contributed by atoms with Crippen molar-refractivity contribution in [3.8, 4) is 16.5 Å². The molecule has 0 saturated heterocycles. The van der Waals surface area contributed by atoms with Crippen LogP contribution in [0, 0.1) is 0 Å². The average Bonchev–Trinajstić information content (AvgIpc) is 3.38. The maximum Gasteiger partial charge on any atom is 0.257 e. The van der Waals surface area contributed by atoms with Gasteiger partial charge in [0.15, 0.2) is 0 Å². The Morgan fingerprint density at radius 1 is 1.25 bits per heavy atom. The van der Waals surface area contributed by atoms with Crippen molar-refractivity contribution < 1.29 is 18.7 Å². The lowest BCUT2D eigenvalue weighted by Crippen LogP contribution is -2.35. The Kier molecular flexibility index (Phi) is 7.12. The minimum atomic E-state index is -0.151. The van der Waals surface area contributed by atoms with Crippen LogP contribution < -0.4 is 10.1 Å². The van der Waals surface area contributed by atoms with Crippen molar-refractivity contribution in [1.82, 2.24) is 15.1 Å². The minimum Gasteiger partial charge on any atom is -0.497 e. The van der Waals surface area contributed by atoms with E-state index in [1.165, 1.54) is 11.3 Å². The molecule has 1 aromatic carbocycles. The number of aromatic nitrogens is 2. The van der Waals surface area contributed by atoms with E-state index in [4.69, 9.17) is 13.9 Å². The van der Waals surface area contributed by atoms with Crippen LogP contribution in [0.3, 0.4) is 0 Å². The highest BCUT2D eigenvalue weighted by Crippen LogP contribution is 2.23. The highest BCUT2D eigenvalue weighted by atomic mass is 32.1. The number of amides is 1. The molecule has 0 aliphatic rings. The first-order chi connectivity index (χ1) is 13.7. The van der Waals surface area contributed by atoms with Crippen LogP contribution in [0.25, 0.3) is 10.8 Å². The molecule has 0 unspecified atom stereocenters. The fourth-order valence-electron chi connectivity index (χ4n) is 2.55. The van der Waals surface area contributed by atoms with E-state index in [1.807, 2.05) is 40.6 Å². The third kappa shape index (κ3) is 5.62. The quantitative estimate of drug-likeness (QED) is 0.558. The van der Waals surface area contributed by atoms with E-state index in [1.54, 1.807) is 20.3 Å². The third-order valence-electron chi connectivity index (χ3n) is 3.89. The summed E-state index contributed by atoms with van der Waals surface area (Å²) in [5.74, 6) is 1.47. The van der Waals surface area contributed by atoms with Crippen LogP contribution in [0.15, 0.2) is 46.2 Å². The first-order valence-corrected chi connectivity index (χ1v) is 9.57. The predicted octanol–water partition coefficient (Wildman–Crippen LogP) is 2.89. The lowest BCUT2D eigenvalue weighted by atomic mass is 10.3.